The summed E-state index contributed by atoms with van der Waals surface area (Å²) in [7, 11) is 0. The molecule has 1 saturated carbocycles. The number of hydrogen-bond acceptors (Lipinski definition) is 3. The number of rotatable bonds is 5. The lowest BCUT2D eigenvalue weighted by Crippen LogP contribution is -2.12. The molecular weight excluding hydrogens is 386 g/mol. The molecule has 2 aromatic carbocycles. The lowest BCUT2D eigenvalue weighted by atomic mass is 10.1. The van der Waals surface area contributed by atoms with Crippen LogP contribution >= 0.6 is 11.6 Å². The molecule has 1 aromatic heterocycles. The van der Waals surface area contributed by atoms with Gasteiger partial charge in [0, 0.05) is 16.6 Å². The summed E-state index contributed by atoms with van der Waals surface area (Å²) in [6, 6.07) is 13.3. The summed E-state index contributed by atoms with van der Waals surface area (Å²) in [5.74, 6) is 2.99. The molecule has 0 atom stereocenters. The van der Waals surface area contributed by atoms with Gasteiger partial charge in [0.25, 0.3) is 0 Å². The molecule has 1 heterocycles. The van der Waals surface area contributed by atoms with E-state index in [1.165, 1.54) is 12.8 Å². The van der Waals surface area contributed by atoms with E-state index in [4.69, 9.17) is 27.5 Å². The van der Waals surface area contributed by atoms with Crippen LogP contribution in [0.5, 0.6) is 5.75 Å². The number of fused-ring (bicyclic) bond motifs is 1. The monoisotopic (exact) mass is 407 g/mol. The van der Waals surface area contributed by atoms with Crippen LogP contribution in [-0.4, -0.2) is 23.2 Å². The van der Waals surface area contributed by atoms with Crippen molar-refractivity contribution in [3.8, 4) is 23.8 Å². The SMILES string of the molecule is C#Cc1cccc2c1c(Cl)c(C(=O)OCC)n2-c1ccc(OC2CCCC2)cc1. The van der Waals surface area contributed by atoms with Crippen LogP contribution in [0.15, 0.2) is 42.5 Å². The third kappa shape index (κ3) is 3.59. The first-order valence-electron chi connectivity index (χ1n) is 9.87. The maximum absolute atomic E-state index is 12.7. The fourth-order valence-electron chi connectivity index (χ4n) is 3.94. The molecule has 4 nitrogen and oxygen atoms in total. The van der Waals surface area contributed by atoms with Gasteiger partial charge in [0.15, 0.2) is 5.69 Å². The highest BCUT2D eigenvalue weighted by atomic mass is 35.5. The quantitative estimate of drug-likeness (QED) is 0.398. The molecule has 29 heavy (non-hydrogen) atoms. The first-order chi connectivity index (χ1) is 14.1. The predicted octanol–water partition coefficient (Wildman–Crippen LogP) is 5.76. The largest absolute Gasteiger partial charge is 0.490 e. The second-order valence-corrected chi connectivity index (χ2v) is 7.46. The highest BCUT2D eigenvalue weighted by Gasteiger charge is 2.25. The van der Waals surface area contributed by atoms with Gasteiger partial charge in [0.05, 0.1) is 23.3 Å². The molecular formula is C24H22ClNO3. The summed E-state index contributed by atoms with van der Waals surface area (Å²) in [5.41, 5.74) is 2.46. The van der Waals surface area contributed by atoms with Gasteiger partial charge in [-0.15, -0.1) is 6.42 Å². The van der Waals surface area contributed by atoms with Crippen molar-refractivity contribution in [2.24, 2.45) is 0 Å². The number of aromatic nitrogens is 1. The standard InChI is InChI=1S/C24H22ClNO3/c1-3-16-8-7-11-20-21(16)22(25)23(24(27)28-4-2)26(20)17-12-14-19(15-13-17)29-18-9-5-6-10-18/h1,7-8,11-15,18H,4-6,9-10H2,2H3. The molecule has 0 aliphatic heterocycles. The Morgan fingerprint density at radius 1 is 1.21 bits per heavy atom. The molecule has 1 fully saturated rings. The molecule has 0 saturated heterocycles. The average Bonchev–Trinajstić information content (AvgIpc) is 3.35. The summed E-state index contributed by atoms with van der Waals surface area (Å²) in [6.45, 7) is 2.02. The van der Waals surface area contributed by atoms with Crippen LogP contribution < -0.4 is 4.74 Å². The topological polar surface area (TPSA) is 40.5 Å². The van der Waals surface area contributed by atoms with E-state index in [-0.39, 0.29) is 18.4 Å². The number of carbonyl (C=O) groups excluding carboxylic acids is 1. The van der Waals surface area contributed by atoms with Crippen molar-refractivity contribution in [3.63, 3.8) is 0 Å². The molecule has 0 spiro atoms. The van der Waals surface area contributed by atoms with Crippen LogP contribution in [0.3, 0.4) is 0 Å². The zero-order valence-electron chi connectivity index (χ0n) is 16.3. The number of halogens is 1. The van der Waals surface area contributed by atoms with E-state index in [0.29, 0.717) is 16.0 Å². The van der Waals surface area contributed by atoms with E-state index in [2.05, 4.69) is 5.92 Å². The number of nitrogens with zero attached hydrogens (tertiary/aromatic N) is 1. The van der Waals surface area contributed by atoms with Gasteiger partial charge in [0.2, 0.25) is 0 Å². The van der Waals surface area contributed by atoms with Gasteiger partial charge in [-0.2, -0.15) is 0 Å². The van der Waals surface area contributed by atoms with Gasteiger partial charge in [-0.05, 0) is 69.0 Å². The molecule has 3 aromatic rings. The Kier molecular flexibility index (Phi) is 5.51. The van der Waals surface area contributed by atoms with Gasteiger partial charge in [0.1, 0.15) is 5.75 Å². The first kappa shape index (κ1) is 19.4. The van der Waals surface area contributed by atoms with Crippen LogP contribution in [0, 0.1) is 12.3 Å². The Hall–Kier alpha value is -2.90. The second kappa shape index (κ2) is 8.23. The van der Waals surface area contributed by atoms with E-state index in [0.717, 1.165) is 29.8 Å². The summed E-state index contributed by atoms with van der Waals surface area (Å²) in [5, 5.41) is 0.976. The minimum Gasteiger partial charge on any atom is -0.490 e. The molecule has 1 aliphatic carbocycles. The van der Waals surface area contributed by atoms with Gasteiger partial charge in [-0.3, -0.25) is 0 Å². The normalized spacial score (nSPS) is 14.1. The number of carbonyl (C=O) groups is 1. The fourth-order valence-corrected chi connectivity index (χ4v) is 4.30. The molecule has 0 unspecified atom stereocenters. The Morgan fingerprint density at radius 2 is 1.93 bits per heavy atom. The minimum atomic E-state index is -0.483. The van der Waals surface area contributed by atoms with Gasteiger partial charge >= 0.3 is 5.97 Å². The number of esters is 1. The maximum atomic E-state index is 12.7. The lowest BCUT2D eigenvalue weighted by Gasteiger charge is -2.15. The van der Waals surface area contributed by atoms with Crippen molar-refractivity contribution in [1.29, 1.82) is 0 Å². The Balaban J connectivity index is 1.82. The molecule has 0 radical (unpaired) electrons. The van der Waals surface area contributed by atoms with Crippen molar-refractivity contribution < 1.29 is 14.3 Å². The highest BCUT2D eigenvalue weighted by molar-refractivity contribution is 6.39. The van der Waals surface area contributed by atoms with Gasteiger partial charge in [-0.1, -0.05) is 23.6 Å². The zero-order chi connectivity index (χ0) is 20.4. The summed E-state index contributed by atoms with van der Waals surface area (Å²) >= 11 is 6.63. The number of benzene rings is 2. The first-order valence-corrected chi connectivity index (χ1v) is 10.3. The van der Waals surface area contributed by atoms with Crippen molar-refractivity contribution in [2.75, 3.05) is 6.61 Å². The predicted molar refractivity (Wildman–Crippen MR) is 115 cm³/mol. The molecule has 0 amide bonds. The Labute approximate surface area is 175 Å². The van der Waals surface area contributed by atoms with Crippen LogP contribution in [0.25, 0.3) is 16.6 Å². The molecule has 4 rings (SSSR count). The number of hydrogen-bond donors (Lipinski definition) is 0. The molecule has 0 bridgehead atoms. The maximum Gasteiger partial charge on any atom is 0.356 e. The summed E-state index contributed by atoms with van der Waals surface area (Å²) in [4.78, 5) is 12.7. The van der Waals surface area contributed by atoms with E-state index < -0.39 is 5.97 Å². The summed E-state index contributed by atoms with van der Waals surface area (Å²) in [6.07, 6.45) is 10.6. The van der Waals surface area contributed by atoms with E-state index in [1.54, 1.807) is 11.5 Å². The lowest BCUT2D eigenvalue weighted by molar-refractivity contribution is 0.0517. The molecule has 1 aliphatic rings. The number of ether oxygens (including phenoxy) is 2. The number of terminal acetylenes is 1. The van der Waals surface area contributed by atoms with Crippen LogP contribution in [-0.2, 0) is 4.74 Å². The van der Waals surface area contributed by atoms with Crippen molar-refractivity contribution >= 4 is 28.5 Å². The second-order valence-electron chi connectivity index (χ2n) is 7.08. The summed E-state index contributed by atoms with van der Waals surface area (Å²) < 4.78 is 13.1. The minimum absolute atomic E-state index is 0.257. The smallest absolute Gasteiger partial charge is 0.356 e. The van der Waals surface area contributed by atoms with Crippen molar-refractivity contribution in [3.05, 3.63) is 58.7 Å². The molecule has 5 heteroatoms. The van der Waals surface area contributed by atoms with E-state index in [1.807, 2.05) is 42.5 Å². The van der Waals surface area contributed by atoms with Crippen molar-refractivity contribution in [2.45, 2.75) is 38.7 Å². The third-order valence-corrected chi connectivity index (χ3v) is 5.63. The Morgan fingerprint density at radius 3 is 2.59 bits per heavy atom. The van der Waals surface area contributed by atoms with Crippen molar-refractivity contribution in [1.82, 2.24) is 4.57 Å². The fraction of sp³-hybridized carbons (Fsp3) is 0.292. The van der Waals surface area contributed by atoms with Crippen LogP contribution in [0.2, 0.25) is 5.02 Å². The zero-order valence-corrected chi connectivity index (χ0v) is 17.0. The van der Waals surface area contributed by atoms with Gasteiger partial charge in [-0.25, -0.2) is 4.79 Å². The highest BCUT2D eigenvalue weighted by Crippen LogP contribution is 2.36. The van der Waals surface area contributed by atoms with E-state index >= 15 is 0 Å². The van der Waals surface area contributed by atoms with E-state index in [9.17, 15) is 4.79 Å². The third-order valence-electron chi connectivity index (χ3n) is 5.26. The van der Waals surface area contributed by atoms with Crippen LogP contribution in [0.1, 0.15) is 48.7 Å². The van der Waals surface area contributed by atoms with Crippen LogP contribution in [0.4, 0.5) is 0 Å². The molecule has 0 N–H and O–H groups in total. The van der Waals surface area contributed by atoms with Gasteiger partial charge < -0.3 is 14.0 Å². The molecule has 148 valence electrons. The Bertz CT molecular complexity index is 1090. The average molecular weight is 408 g/mol.